The van der Waals surface area contributed by atoms with Crippen LogP contribution in [0.15, 0.2) is 54.7 Å². The van der Waals surface area contributed by atoms with Crippen LogP contribution in [0, 0.1) is 0 Å². The molecule has 5 unspecified atom stereocenters. The van der Waals surface area contributed by atoms with E-state index in [-0.39, 0.29) is 31.4 Å². The van der Waals surface area contributed by atoms with E-state index in [1.807, 2.05) is 24.3 Å². The number of aliphatic carboxylic acids is 1. The lowest BCUT2D eigenvalue weighted by atomic mass is 10.0. The summed E-state index contributed by atoms with van der Waals surface area (Å²) in [6, 6.07) is 7.68. The highest BCUT2D eigenvalue weighted by molar-refractivity contribution is 5.95. The second-order valence-corrected chi connectivity index (χ2v) is 10.2. The van der Waals surface area contributed by atoms with Crippen LogP contribution in [0.2, 0.25) is 0 Å². The van der Waals surface area contributed by atoms with Gasteiger partial charge in [-0.2, -0.15) is 0 Å². The maximum absolute atomic E-state index is 13.2. The SMILES string of the molecule is CC(O)C(NC(=O)C(CCC(N)=O)NC(=O)C(N)Cc1c[nH]c2ccccc12)C(=O)NC(Cc1ccc(O)cc1)C(=O)O. The van der Waals surface area contributed by atoms with Crippen LogP contribution in [0.25, 0.3) is 10.9 Å². The number of hydrogen-bond donors (Lipinski definition) is 9. The van der Waals surface area contributed by atoms with Crippen molar-refractivity contribution < 1.29 is 39.3 Å². The molecule has 5 atom stereocenters. The topological polar surface area (TPSA) is 250 Å². The van der Waals surface area contributed by atoms with Crippen molar-refractivity contribution in [1.82, 2.24) is 20.9 Å². The number of aromatic hydroxyl groups is 1. The molecule has 43 heavy (non-hydrogen) atoms. The number of fused-ring (bicyclic) bond motifs is 1. The number of hydrogen-bond acceptors (Lipinski definition) is 8. The summed E-state index contributed by atoms with van der Waals surface area (Å²) in [7, 11) is 0. The number of aliphatic hydroxyl groups excluding tert-OH is 1. The zero-order chi connectivity index (χ0) is 31.7. The van der Waals surface area contributed by atoms with Gasteiger partial charge in [-0.25, -0.2) is 4.79 Å². The van der Waals surface area contributed by atoms with Crippen LogP contribution in [0.4, 0.5) is 0 Å². The monoisotopic (exact) mass is 596 g/mol. The normalized spacial score (nSPS) is 14.6. The Kier molecular flexibility index (Phi) is 11.2. The van der Waals surface area contributed by atoms with Crippen LogP contribution in [-0.2, 0) is 36.8 Å². The lowest BCUT2D eigenvalue weighted by Crippen LogP contribution is -2.60. The number of phenols is 1. The van der Waals surface area contributed by atoms with Gasteiger partial charge in [-0.15, -0.1) is 0 Å². The molecule has 11 N–H and O–H groups in total. The van der Waals surface area contributed by atoms with E-state index < -0.39 is 59.9 Å². The van der Waals surface area contributed by atoms with Crippen molar-refractivity contribution in [3.8, 4) is 5.75 Å². The Hall–Kier alpha value is -4.95. The Morgan fingerprint density at radius 1 is 0.884 bits per heavy atom. The van der Waals surface area contributed by atoms with E-state index in [2.05, 4.69) is 20.9 Å². The first-order valence-electron chi connectivity index (χ1n) is 13.5. The quantitative estimate of drug-likeness (QED) is 0.106. The molecule has 14 heteroatoms. The third kappa shape index (κ3) is 9.28. The van der Waals surface area contributed by atoms with Gasteiger partial charge in [0, 0.05) is 29.9 Å². The Labute approximate surface area is 246 Å². The Morgan fingerprint density at radius 3 is 2.16 bits per heavy atom. The molecule has 2 aromatic carbocycles. The largest absolute Gasteiger partial charge is 0.508 e. The van der Waals surface area contributed by atoms with E-state index in [9.17, 15) is 39.3 Å². The van der Waals surface area contributed by atoms with Crippen LogP contribution >= 0.6 is 0 Å². The first-order chi connectivity index (χ1) is 20.3. The average molecular weight is 597 g/mol. The van der Waals surface area contributed by atoms with Gasteiger partial charge < -0.3 is 47.7 Å². The van der Waals surface area contributed by atoms with Gasteiger partial charge in [-0.05, 0) is 49.1 Å². The first-order valence-corrected chi connectivity index (χ1v) is 13.5. The summed E-state index contributed by atoms with van der Waals surface area (Å²) in [5, 5.41) is 37.3. The van der Waals surface area contributed by atoms with Gasteiger partial charge in [-0.1, -0.05) is 30.3 Å². The Bertz CT molecular complexity index is 1450. The third-order valence-corrected chi connectivity index (χ3v) is 6.82. The number of H-pyrrole nitrogens is 1. The van der Waals surface area contributed by atoms with Crippen molar-refractivity contribution in [2.45, 2.75) is 62.9 Å². The number of aliphatic hydroxyl groups is 1. The van der Waals surface area contributed by atoms with Crippen LogP contribution in [0.1, 0.15) is 30.9 Å². The highest BCUT2D eigenvalue weighted by atomic mass is 16.4. The minimum atomic E-state index is -1.61. The molecule has 3 rings (SSSR count). The predicted octanol–water partition coefficient (Wildman–Crippen LogP) is -0.829. The van der Waals surface area contributed by atoms with E-state index in [1.54, 1.807) is 6.20 Å². The van der Waals surface area contributed by atoms with Crippen LogP contribution in [-0.4, -0.2) is 80.2 Å². The molecule has 230 valence electrons. The summed E-state index contributed by atoms with van der Waals surface area (Å²) in [6.07, 6.45) is -0.255. The molecule has 0 aliphatic heterocycles. The summed E-state index contributed by atoms with van der Waals surface area (Å²) in [6.45, 7) is 1.22. The molecule has 0 saturated heterocycles. The summed E-state index contributed by atoms with van der Waals surface area (Å²) in [4.78, 5) is 65.6. The number of aromatic amines is 1. The number of aromatic nitrogens is 1. The second-order valence-electron chi connectivity index (χ2n) is 10.2. The van der Waals surface area contributed by atoms with Crippen LogP contribution in [0.3, 0.4) is 0 Å². The fourth-order valence-corrected chi connectivity index (χ4v) is 4.45. The molecule has 0 spiro atoms. The molecule has 0 aliphatic rings. The molecular formula is C29H36N6O8. The molecule has 14 nitrogen and oxygen atoms in total. The fraction of sp³-hybridized carbons (Fsp3) is 0.345. The molecule has 0 radical (unpaired) electrons. The fourth-order valence-electron chi connectivity index (χ4n) is 4.45. The number of primary amides is 1. The molecule has 0 bridgehead atoms. The van der Waals surface area contributed by atoms with Gasteiger partial charge in [0.05, 0.1) is 12.1 Å². The van der Waals surface area contributed by atoms with Crippen molar-refractivity contribution in [2.24, 2.45) is 11.5 Å². The van der Waals surface area contributed by atoms with E-state index in [0.717, 1.165) is 16.5 Å². The van der Waals surface area contributed by atoms with Crippen LogP contribution < -0.4 is 27.4 Å². The number of para-hydroxylation sites is 1. The summed E-state index contributed by atoms with van der Waals surface area (Å²) in [5.74, 6) is -4.74. The van der Waals surface area contributed by atoms with Gasteiger partial charge in [0.1, 0.15) is 23.9 Å². The van der Waals surface area contributed by atoms with Gasteiger partial charge >= 0.3 is 5.97 Å². The summed E-state index contributed by atoms with van der Waals surface area (Å²) >= 11 is 0. The highest BCUT2D eigenvalue weighted by Crippen LogP contribution is 2.19. The van der Waals surface area contributed by atoms with E-state index >= 15 is 0 Å². The second kappa shape index (κ2) is 14.8. The number of amides is 4. The molecule has 0 fully saturated rings. The maximum atomic E-state index is 13.2. The zero-order valence-electron chi connectivity index (χ0n) is 23.4. The molecule has 3 aromatic rings. The lowest BCUT2D eigenvalue weighted by Gasteiger charge is -2.26. The van der Waals surface area contributed by atoms with Crippen LogP contribution in [0.5, 0.6) is 5.75 Å². The number of carbonyl (C=O) groups is 5. The van der Waals surface area contributed by atoms with E-state index in [0.29, 0.717) is 5.56 Å². The number of nitrogens with two attached hydrogens (primary N) is 2. The highest BCUT2D eigenvalue weighted by Gasteiger charge is 2.33. The molecular weight excluding hydrogens is 560 g/mol. The average Bonchev–Trinajstić information content (AvgIpc) is 3.36. The zero-order valence-corrected chi connectivity index (χ0v) is 23.4. The number of carboxylic acids is 1. The molecule has 1 aromatic heterocycles. The number of rotatable bonds is 15. The van der Waals surface area contributed by atoms with Crippen molar-refractivity contribution >= 4 is 40.5 Å². The minimum absolute atomic E-state index is 0.0200. The predicted molar refractivity (Wildman–Crippen MR) is 155 cm³/mol. The van der Waals surface area contributed by atoms with Crippen molar-refractivity contribution in [1.29, 1.82) is 0 Å². The molecule has 0 aliphatic carbocycles. The Morgan fingerprint density at radius 2 is 1.53 bits per heavy atom. The molecule has 0 saturated carbocycles. The van der Waals surface area contributed by atoms with Gasteiger partial charge in [0.2, 0.25) is 23.6 Å². The lowest BCUT2D eigenvalue weighted by molar-refractivity contribution is -0.143. The van der Waals surface area contributed by atoms with Crippen molar-refractivity contribution in [3.63, 3.8) is 0 Å². The Balaban J connectivity index is 1.69. The molecule has 4 amide bonds. The standard InChI is InChI=1S/C29H36N6O8/c1-15(36)25(28(41)34-23(29(42)43)12-16-6-8-18(37)9-7-16)35-27(40)22(10-11-24(31)38)33-26(39)20(30)13-17-14-32-21-5-3-2-4-19(17)21/h2-9,14-15,20,22-23,25,32,36-37H,10-13,30H2,1H3,(H2,31,38)(H,33,39)(H,34,41)(H,35,40)(H,42,43). The van der Waals surface area contributed by atoms with Gasteiger partial charge in [-0.3, -0.25) is 19.2 Å². The van der Waals surface area contributed by atoms with E-state index in [4.69, 9.17) is 11.5 Å². The maximum Gasteiger partial charge on any atom is 0.326 e. The third-order valence-electron chi connectivity index (χ3n) is 6.82. The summed E-state index contributed by atoms with van der Waals surface area (Å²) in [5.41, 5.74) is 13.5. The van der Waals surface area contributed by atoms with Gasteiger partial charge in [0.25, 0.3) is 0 Å². The number of carboxylic acid groups (broad SMARTS) is 1. The van der Waals surface area contributed by atoms with Crippen molar-refractivity contribution in [2.75, 3.05) is 0 Å². The smallest absolute Gasteiger partial charge is 0.326 e. The first kappa shape index (κ1) is 32.6. The number of benzene rings is 2. The van der Waals surface area contributed by atoms with Crippen molar-refractivity contribution in [3.05, 3.63) is 65.9 Å². The molecule has 1 heterocycles. The summed E-state index contributed by atoms with van der Waals surface area (Å²) < 4.78 is 0. The number of nitrogens with one attached hydrogen (secondary N) is 4. The number of carbonyl (C=O) groups excluding carboxylic acids is 4. The van der Waals surface area contributed by atoms with E-state index in [1.165, 1.54) is 31.2 Å². The van der Waals surface area contributed by atoms with Gasteiger partial charge in [0.15, 0.2) is 0 Å². The minimum Gasteiger partial charge on any atom is -0.508 e. The number of phenolic OH excluding ortho intramolecular Hbond substituents is 1.